The minimum absolute atomic E-state index is 0.0990. The molecule has 0 atom stereocenters. The number of aryl methyl sites for hydroxylation is 1. The van der Waals surface area contributed by atoms with E-state index in [0.717, 1.165) is 41.7 Å². The number of nitrogens with zero attached hydrogens (tertiary/aromatic N) is 2. The molecule has 0 aliphatic heterocycles. The van der Waals surface area contributed by atoms with Gasteiger partial charge in [0.1, 0.15) is 29.3 Å². The average molecular weight is 587 g/mol. The quantitative estimate of drug-likeness (QED) is 0.237. The number of fused-ring (bicyclic) bond motifs is 1. The molecule has 0 bridgehead atoms. The maximum atomic E-state index is 12.9. The van der Waals surface area contributed by atoms with Crippen LogP contribution in [0.2, 0.25) is 10.0 Å². The summed E-state index contributed by atoms with van der Waals surface area (Å²) in [5.74, 6) is -0.123. The Balaban J connectivity index is 1.52. The number of nitriles is 2. The Kier molecular flexibility index (Phi) is 8.15. The summed E-state index contributed by atoms with van der Waals surface area (Å²) in [4.78, 5) is 14.0. The maximum Gasteiger partial charge on any atom is 0.266 e. The van der Waals surface area contributed by atoms with Crippen LogP contribution in [0, 0.1) is 22.7 Å². The number of thiophene rings is 1. The van der Waals surface area contributed by atoms with Crippen LogP contribution < -0.4 is 10.1 Å². The molecule has 1 aliphatic carbocycles. The monoisotopic (exact) mass is 585 g/mol. The van der Waals surface area contributed by atoms with Crippen LogP contribution in [0.5, 0.6) is 5.75 Å². The van der Waals surface area contributed by atoms with Gasteiger partial charge in [-0.15, -0.1) is 11.3 Å². The standard InChI is InChI=1S/C26H18BrCl2N3O2S/c27-21-10-16(11-22(29)24(21)34-14-15-5-7-18(28)8-6-15)9-17(12-30)25(33)32-26-20(13-31)19-3-1-2-4-23(19)35-26/h5-11H,1-4,14H2,(H,32,33)/b17-9+. The van der Waals surface area contributed by atoms with Crippen molar-refractivity contribution in [3.05, 3.63) is 83.6 Å². The normalized spacial score (nSPS) is 12.9. The van der Waals surface area contributed by atoms with E-state index in [4.69, 9.17) is 27.9 Å². The molecule has 1 aromatic heterocycles. The van der Waals surface area contributed by atoms with Crippen molar-refractivity contribution in [3.63, 3.8) is 0 Å². The van der Waals surface area contributed by atoms with E-state index in [1.54, 1.807) is 24.3 Å². The number of anilines is 1. The summed E-state index contributed by atoms with van der Waals surface area (Å²) in [6.45, 7) is 0.294. The van der Waals surface area contributed by atoms with Crippen molar-refractivity contribution >= 4 is 67.5 Å². The molecule has 0 fully saturated rings. The first kappa shape index (κ1) is 25.3. The fraction of sp³-hybridized carbons (Fsp3) is 0.192. The summed E-state index contributed by atoms with van der Waals surface area (Å²) >= 11 is 17.2. The van der Waals surface area contributed by atoms with E-state index >= 15 is 0 Å². The number of amides is 1. The summed E-state index contributed by atoms with van der Waals surface area (Å²) in [6.07, 6.45) is 5.30. The highest BCUT2D eigenvalue weighted by Gasteiger charge is 2.23. The Morgan fingerprint density at radius 3 is 2.60 bits per heavy atom. The third kappa shape index (κ3) is 5.89. The summed E-state index contributed by atoms with van der Waals surface area (Å²) in [5, 5.41) is 23.5. The first-order valence-corrected chi connectivity index (χ1v) is 13.1. The number of rotatable bonds is 6. The molecule has 5 nitrogen and oxygen atoms in total. The van der Waals surface area contributed by atoms with Gasteiger partial charge in [-0.25, -0.2) is 0 Å². The number of ether oxygens (including phenoxy) is 1. The van der Waals surface area contributed by atoms with Gasteiger partial charge in [0.2, 0.25) is 0 Å². The van der Waals surface area contributed by atoms with Crippen LogP contribution in [0.3, 0.4) is 0 Å². The molecule has 3 aromatic rings. The second-order valence-electron chi connectivity index (χ2n) is 7.88. The molecule has 2 aromatic carbocycles. The molecule has 0 radical (unpaired) electrons. The number of nitrogens with one attached hydrogen (secondary N) is 1. The molecule has 35 heavy (non-hydrogen) atoms. The smallest absolute Gasteiger partial charge is 0.266 e. The van der Waals surface area contributed by atoms with E-state index in [1.807, 2.05) is 18.2 Å². The Bertz CT molecular complexity index is 1380. The van der Waals surface area contributed by atoms with Crippen molar-refractivity contribution < 1.29 is 9.53 Å². The number of carbonyl (C=O) groups is 1. The van der Waals surface area contributed by atoms with E-state index < -0.39 is 5.91 Å². The molecule has 0 saturated carbocycles. The summed E-state index contributed by atoms with van der Waals surface area (Å²) < 4.78 is 6.44. The van der Waals surface area contributed by atoms with Crippen LogP contribution in [-0.4, -0.2) is 5.91 Å². The Hall–Kier alpha value is -2.81. The first-order valence-electron chi connectivity index (χ1n) is 10.7. The molecule has 1 N–H and O–H groups in total. The lowest BCUT2D eigenvalue weighted by atomic mass is 9.96. The van der Waals surface area contributed by atoms with Crippen molar-refractivity contribution in [1.29, 1.82) is 10.5 Å². The van der Waals surface area contributed by atoms with Gasteiger partial charge in [0, 0.05) is 9.90 Å². The van der Waals surface area contributed by atoms with Crippen molar-refractivity contribution in [1.82, 2.24) is 0 Å². The van der Waals surface area contributed by atoms with Gasteiger partial charge < -0.3 is 10.1 Å². The molecule has 0 spiro atoms. The van der Waals surface area contributed by atoms with Gasteiger partial charge in [-0.05, 0) is 88.6 Å². The van der Waals surface area contributed by atoms with Crippen molar-refractivity contribution in [2.24, 2.45) is 0 Å². The molecule has 1 heterocycles. The average Bonchev–Trinajstić information content (AvgIpc) is 3.19. The number of carbonyl (C=O) groups excluding carboxylic acids is 1. The Morgan fingerprint density at radius 1 is 1.17 bits per heavy atom. The number of hydrogen-bond acceptors (Lipinski definition) is 5. The number of benzene rings is 2. The van der Waals surface area contributed by atoms with Crippen molar-refractivity contribution in [2.45, 2.75) is 32.3 Å². The van der Waals surface area contributed by atoms with Gasteiger partial charge in [0.25, 0.3) is 5.91 Å². The summed E-state index contributed by atoms with van der Waals surface area (Å²) in [6, 6.07) is 14.8. The second-order valence-corrected chi connectivity index (χ2v) is 10.7. The third-order valence-electron chi connectivity index (χ3n) is 5.50. The van der Waals surface area contributed by atoms with Crippen LogP contribution in [-0.2, 0) is 24.2 Å². The van der Waals surface area contributed by atoms with E-state index in [9.17, 15) is 15.3 Å². The lowest BCUT2D eigenvalue weighted by Gasteiger charge is -2.11. The van der Waals surface area contributed by atoms with Gasteiger partial charge in [-0.1, -0.05) is 35.3 Å². The molecule has 4 rings (SSSR count). The fourth-order valence-corrected chi connectivity index (χ4v) is 6.14. The zero-order chi connectivity index (χ0) is 24.9. The molecule has 1 aliphatic rings. The molecule has 9 heteroatoms. The number of hydrogen-bond donors (Lipinski definition) is 1. The van der Waals surface area contributed by atoms with Gasteiger partial charge >= 0.3 is 0 Å². The minimum atomic E-state index is -0.571. The first-order chi connectivity index (χ1) is 16.9. The number of halogens is 3. The van der Waals surface area contributed by atoms with E-state index in [-0.39, 0.29) is 5.57 Å². The molecular weight excluding hydrogens is 569 g/mol. The lowest BCUT2D eigenvalue weighted by molar-refractivity contribution is -0.112. The lowest BCUT2D eigenvalue weighted by Crippen LogP contribution is -2.13. The van der Waals surface area contributed by atoms with Crippen LogP contribution in [0.15, 0.2) is 46.4 Å². The Labute approximate surface area is 225 Å². The largest absolute Gasteiger partial charge is 0.486 e. The van der Waals surface area contributed by atoms with Crippen LogP contribution in [0.4, 0.5) is 5.00 Å². The van der Waals surface area contributed by atoms with E-state index in [1.165, 1.54) is 17.4 Å². The van der Waals surface area contributed by atoms with Crippen LogP contribution in [0.25, 0.3) is 6.08 Å². The van der Waals surface area contributed by atoms with Gasteiger partial charge in [0.15, 0.2) is 5.75 Å². The molecular formula is C26H18BrCl2N3O2S. The fourth-order valence-electron chi connectivity index (χ4n) is 3.79. The topological polar surface area (TPSA) is 85.9 Å². The highest BCUT2D eigenvalue weighted by Crippen LogP contribution is 2.38. The zero-order valence-corrected chi connectivity index (χ0v) is 22.2. The highest BCUT2D eigenvalue weighted by atomic mass is 79.9. The molecule has 176 valence electrons. The second kappa shape index (κ2) is 11.3. The molecule has 1 amide bonds. The predicted molar refractivity (Wildman–Crippen MR) is 143 cm³/mol. The van der Waals surface area contributed by atoms with Crippen LogP contribution in [0.1, 0.15) is 40.0 Å². The SMILES string of the molecule is N#C/C(=C\c1cc(Cl)c(OCc2ccc(Cl)cc2)c(Br)c1)C(=O)Nc1sc2c(c1C#N)CCCC2. The van der Waals surface area contributed by atoms with Gasteiger partial charge in [-0.3, -0.25) is 4.79 Å². The maximum absolute atomic E-state index is 12.9. The van der Waals surface area contributed by atoms with Crippen LogP contribution >= 0.6 is 50.5 Å². The predicted octanol–water partition coefficient (Wildman–Crippen LogP) is 7.69. The molecule has 0 unspecified atom stereocenters. The van der Waals surface area contributed by atoms with Crippen molar-refractivity contribution in [3.8, 4) is 17.9 Å². The van der Waals surface area contributed by atoms with E-state index in [0.29, 0.717) is 43.0 Å². The van der Waals surface area contributed by atoms with Gasteiger partial charge in [-0.2, -0.15) is 10.5 Å². The third-order valence-corrected chi connectivity index (χ3v) is 7.83. The summed E-state index contributed by atoms with van der Waals surface area (Å²) in [7, 11) is 0. The van der Waals surface area contributed by atoms with Gasteiger partial charge in [0.05, 0.1) is 15.1 Å². The molecule has 0 saturated heterocycles. The highest BCUT2D eigenvalue weighted by molar-refractivity contribution is 9.10. The minimum Gasteiger partial charge on any atom is -0.486 e. The Morgan fingerprint density at radius 2 is 1.91 bits per heavy atom. The van der Waals surface area contributed by atoms with Crippen molar-refractivity contribution in [2.75, 3.05) is 5.32 Å². The summed E-state index contributed by atoms with van der Waals surface area (Å²) in [5.41, 5.74) is 2.91. The van der Waals surface area contributed by atoms with E-state index in [2.05, 4.69) is 27.3 Å². The zero-order valence-electron chi connectivity index (χ0n) is 18.3.